The molecule has 12 heteroatoms. The number of rotatable bonds is 6. The number of nitrogens with one attached hydrogen (secondary N) is 2. The highest BCUT2D eigenvalue weighted by Crippen LogP contribution is 2.38. The molecule has 5 N–H and O–H groups in total. The number of aliphatic hydroxyl groups is 1. The van der Waals surface area contributed by atoms with Crippen molar-refractivity contribution in [1.82, 2.24) is 19.5 Å². The lowest BCUT2D eigenvalue weighted by Crippen LogP contribution is -2.30. The fraction of sp³-hybridized carbons (Fsp3) is 0.500. The summed E-state index contributed by atoms with van der Waals surface area (Å²) in [5, 5.41) is 15.9. The van der Waals surface area contributed by atoms with Crippen LogP contribution in [0.3, 0.4) is 0 Å². The zero-order valence-corrected chi connectivity index (χ0v) is 20.3. The smallest absolute Gasteiger partial charge is 0.224 e. The minimum Gasteiger partial charge on any atom is -0.393 e. The molecule has 5 rings (SSSR count). The number of aliphatic hydroxyl groups excluding tert-OH is 1. The van der Waals surface area contributed by atoms with Gasteiger partial charge >= 0.3 is 0 Å². The van der Waals surface area contributed by atoms with Crippen molar-refractivity contribution in [2.75, 3.05) is 10.6 Å². The SMILES string of the molecule is NC(=O)[C@H]1CC[C@H](n2c(Nc3c(F)ccc(Cl)c3F)nc3cnc(N[C@H]4CCC[C@@H](O)C4)nc32)CC1. The molecule has 2 fully saturated rings. The lowest BCUT2D eigenvalue weighted by atomic mass is 9.85. The number of anilines is 3. The van der Waals surface area contributed by atoms with E-state index in [0.717, 1.165) is 31.4 Å². The number of halogens is 3. The fourth-order valence-electron chi connectivity index (χ4n) is 5.24. The number of fused-ring (bicyclic) bond motifs is 1. The number of amides is 1. The molecule has 1 amide bonds. The van der Waals surface area contributed by atoms with Crippen LogP contribution in [-0.2, 0) is 4.79 Å². The molecule has 2 aliphatic rings. The Morgan fingerprint density at radius 3 is 2.64 bits per heavy atom. The van der Waals surface area contributed by atoms with E-state index in [1.54, 1.807) is 6.20 Å². The van der Waals surface area contributed by atoms with Gasteiger partial charge in [-0.15, -0.1) is 0 Å². The molecule has 36 heavy (non-hydrogen) atoms. The average Bonchev–Trinajstić information content (AvgIpc) is 3.21. The third kappa shape index (κ3) is 4.94. The summed E-state index contributed by atoms with van der Waals surface area (Å²) in [4.78, 5) is 25.3. The lowest BCUT2D eigenvalue weighted by molar-refractivity contribution is -0.122. The highest BCUT2D eigenvalue weighted by Gasteiger charge is 2.30. The highest BCUT2D eigenvalue weighted by atomic mass is 35.5. The van der Waals surface area contributed by atoms with Gasteiger partial charge in [0.15, 0.2) is 11.5 Å². The maximum absolute atomic E-state index is 14.7. The van der Waals surface area contributed by atoms with Crippen molar-refractivity contribution < 1.29 is 18.7 Å². The van der Waals surface area contributed by atoms with Crippen LogP contribution in [0.2, 0.25) is 5.02 Å². The molecule has 0 unspecified atom stereocenters. The predicted octanol–water partition coefficient (Wildman–Crippen LogP) is 4.43. The van der Waals surface area contributed by atoms with Gasteiger partial charge in [0.2, 0.25) is 17.8 Å². The standard InChI is InChI=1S/C24H28ClF2N7O2/c25-16-8-9-17(26)20(19(16)27)32-24-31-18-11-29-23(30-13-2-1-3-15(35)10-13)33-22(18)34(24)14-6-4-12(5-7-14)21(28)36/h8-9,11-15,35H,1-7,10H2,(H2,28,36)(H,31,32)(H,29,30,33)/t12-,13-,14-,15+/m0/s1. The van der Waals surface area contributed by atoms with Gasteiger partial charge in [-0.25, -0.2) is 18.7 Å². The molecular weight excluding hydrogens is 492 g/mol. The average molecular weight is 520 g/mol. The van der Waals surface area contributed by atoms with Gasteiger partial charge in [-0.3, -0.25) is 9.36 Å². The molecule has 0 bridgehead atoms. The minimum absolute atomic E-state index is 0.0424. The molecular formula is C24H28ClF2N7O2. The van der Waals surface area contributed by atoms with Gasteiger partial charge in [0, 0.05) is 18.0 Å². The fourth-order valence-corrected chi connectivity index (χ4v) is 5.40. The number of carbonyl (C=O) groups is 1. The first kappa shape index (κ1) is 24.6. The van der Waals surface area contributed by atoms with Crippen molar-refractivity contribution >= 4 is 46.3 Å². The second-order valence-corrected chi connectivity index (χ2v) is 10.0. The van der Waals surface area contributed by atoms with Crippen LogP contribution < -0.4 is 16.4 Å². The van der Waals surface area contributed by atoms with Crippen LogP contribution >= 0.6 is 11.6 Å². The van der Waals surface area contributed by atoms with E-state index in [0.29, 0.717) is 49.2 Å². The Balaban J connectivity index is 1.52. The van der Waals surface area contributed by atoms with Gasteiger partial charge in [0.25, 0.3) is 0 Å². The summed E-state index contributed by atoms with van der Waals surface area (Å²) in [6.07, 6.45) is 6.83. The monoisotopic (exact) mass is 519 g/mol. The Morgan fingerprint density at radius 2 is 1.92 bits per heavy atom. The van der Waals surface area contributed by atoms with Crippen LogP contribution in [0.1, 0.15) is 57.4 Å². The molecule has 9 nitrogen and oxygen atoms in total. The Bertz CT molecular complexity index is 1280. The maximum atomic E-state index is 14.7. The molecule has 2 atom stereocenters. The summed E-state index contributed by atoms with van der Waals surface area (Å²) < 4.78 is 31.0. The second kappa shape index (κ2) is 10.1. The van der Waals surface area contributed by atoms with Gasteiger partial charge in [-0.2, -0.15) is 4.98 Å². The molecule has 2 saturated carbocycles. The minimum atomic E-state index is -0.919. The molecule has 3 aromatic rings. The van der Waals surface area contributed by atoms with Crippen molar-refractivity contribution in [3.05, 3.63) is 35.0 Å². The van der Waals surface area contributed by atoms with Crippen molar-refractivity contribution in [3.8, 4) is 0 Å². The van der Waals surface area contributed by atoms with Crippen LogP contribution in [0, 0.1) is 17.6 Å². The maximum Gasteiger partial charge on any atom is 0.224 e. The Labute approximate surface area is 211 Å². The Kier molecular flexibility index (Phi) is 6.94. The number of aromatic nitrogens is 4. The highest BCUT2D eigenvalue weighted by molar-refractivity contribution is 6.31. The van der Waals surface area contributed by atoms with Gasteiger partial charge in [-0.05, 0) is 63.5 Å². The number of hydrogen-bond donors (Lipinski definition) is 4. The number of benzene rings is 1. The lowest BCUT2D eigenvalue weighted by Gasteiger charge is -2.29. The van der Waals surface area contributed by atoms with Crippen LogP contribution in [-0.4, -0.2) is 42.7 Å². The zero-order valence-electron chi connectivity index (χ0n) is 19.6. The van der Waals surface area contributed by atoms with Gasteiger partial charge in [0.05, 0.1) is 17.3 Å². The topological polar surface area (TPSA) is 131 Å². The van der Waals surface area contributed by atoms with E-state index >= 15 is 0 Å². The van der Waals surface area contributed by atoms with Crippen LogP contribution in [0.4, 0.5) is 26.4 Å². The number of carbonyl (C=O) groups excluding carboxylic acids is 1. The van der Waals surface area contributed by atoms with E-state index in [1.165, 1.54) is 0 Å². The Hall–Kier alpha value is -3.05. The van der Waals surface area contributed by atoms with Crippen LogP contribution in [0.15, 0.2) is 18.3 Å². The number of hydrogen-bond acceptors (Lipinski definition) is 7. The molecule has 192 valence electrons. The third-order valence-electron chi connectivity index (χ3n) is 7.16. The van der Waals surface area contributed by atoms with Crippen molar-refractivity contribution in [2.45, 2.75) is 69.6 Å². The van der Waals surface area contributed by atoms with Crippen LogP contribution in [0.5, 0.6) is 0 Å². The van der Waals surface area contributed by atoms with E-state index in [2.05, 4.69) is 20.6 Å². The predicted molar refractivity (Wildman–Crippen MR) is 132 cm³/mol. The zero-order chi connectivity index (χ0) is 25.4. The van der Waals surface area contributed by atoms with Gasteiger partial charge in [-0.1, -0.05) is 11.6 Å². The summed E-state index contributed by atoms with van der Waals surface area (Å²) >= 11 is 5.89. The van der Waals surface area contributed by atoms with E-state index in [-0.39, 0.29) is 41.0 Å². The molecule has 2 aliphatic carbocycles. The van der Waals surface area contributed by atoms with Gasteiger partial charge in [0.1, 0.15) is 17.0 Å². The van der Waals surface area contributed by atoms with E-state index in [9.17, 15) is 18.7 Å². The first-order valence-corrected chi connectivity index (χ1v) is 12.6. The quantitative estimate of drug-likeness (QED) is 0.354. The number of imidazole rings is 1. The summed E-state index contributed by atoms with van der Waals surface area (Å²) in [6, 6.07) is 2.15. The summed E-state index contributed by atoms with van der Waals surface area (Å²) in [5.74, 6) is -1.67. The summed E-state index contributed by atoms with van der Waals surface area (Å²) in [5.41, 5.74) is 6.04. The third-order valence-corrected chi connectivity index (χ3v) is 7.45. The first-order chi connectivity index (χ1) is 17.3. The molecule has 0 aliphatic heterocycles. The molecule has 1 aromatic carbocycles. The summed E-state index contributed by atoms with van der Waals surface area (Å²) in [7, 11) is 0. The largest absolute Gasteiger partial charge is 0.393 e. The van der Waals surface area contributed by atoms with E-state index < -0.39 is 17.3 Å². The van der Waals surface area contributed by atoms with Crippen LogP contribution in [0.25, 0.3) is 11.2 Å². The molecule has 2 heterocycles. The normalized spacial score (nSPS) is 24.6. The molecule has 2 aromatic heterocycles. The van der Waals surface area contributed by atoms with Crippen molar-refractivity contribution in [1.29, 1.82) is 0 Å². The Morgan fingerprint density at radius 1 is 1.14 bits per heavy atom. The van der Waals surface area contributed by atoms with E-state index in [1.807, 2.05) is 4.57 Å². The number of nitrogens with zero attached hydrogens (tertiary/aromatic N) is 4. The number of primary amides is 1. The molecule has 0 spiro atoms. The molecule has 0 saturated heterocycles. The van der Waals surface area contributed by atoms with Crippen molar-refractivity contribution in [2.24, 2.45) is 11.7 Å². The van der Waals surface area contributed by atoms with Gasteiger partial charge < -0.3 is 21.5 Å². The number of nitrogens with two attached hydrogens (primary N) is 1. The first-order valence-electron chi connectivity index (χ1n) is 12.2. The van der Waals surface area contributed by atoms with Crippen molar-refractivity contribution in [3.63, 3.8) is 0 Å². The second-order valence-electron chi connectivity index (χ2n) is 9.62. The summed E-state index contributed by atoms with van der Waals surface area (Å²) in [6.45, 7) is 0. The molecule has 0 radical (unpaired) electrons. The van der Waals surface area contributed by atoms with E-state index in [4.69, 9.17) is 22.3 Å².